The third-order valence-electron chi connectivity index (χ3n) is 2.83. The van der Waals surface area contributed by atoms with Crippen LogP contribution in [0.3, 0.4) is 0 Å². The molecular weight excluding hydrogens is 226 g/mol. The molecule has 18 heavy (non-hydrogen) atoms. The molecule has 0 bridgehead atoms. The first-order chi connectivity index (χ1) is 8.86. The summed E-state index contributed by atoms with van der Waals surface area (Å²) >= 11 is 0. The standard InChI is InChI=1S/C14H13N3O/c18-9-8-11-6-7-13-14(10-11)16-17(15-13)12-4-2-1-3-5-12/h1-7,10,18H,8-9H2. The second kappa shape index (κ2) is 4.58. The number of fused-ring (bicyclic) bond motifs is 1. The molecule has 90 valence electrons. The average molecular weight is 239 g/mol. The van der Waals surface area contributed by atoms with Gasteiger partial charge in [-0.1, -0.05) is 24.3 Å². The Kier molecular flexibility index (Phi) is 2.78. The number of aliphatic hydroxyl groups is 1. The summed E-state index contributed by atoms with van der Waals surface area (Å²) in [7, 11) is 0. The molecule has 0 saturated carbocycles. The molecule has 3 aromatic rings. The van der Waals surface area contributed by atoms with Crippen molar-refractivity contribution in [1.29, 1.82) is 0 Å². The minimum Gasteiger partial charge on any atom is -0.396 e. The number of benzene rings is 2. The molecule has 3 rings (SSSR count). The van der Waals surface area contributed by atoms with Crippen LogP contribution < -0.4 is 0 Å². The monoisotopic (exact) mass is 239 g/mol. The zero-order chi connectivity index (χ0) is 12.4. The van der Waals surface area contributed by atoms with Crippen LogP contribution in [-0.4, -0.2) is 26.7 Å². The minimum atomic E-state index is 0.151. The van der Waals surface area contributed by atoms with Gasteiger partial charge in [-0.15, -0.1) is 10.2 Å². The topological polar surface area (TPSA) is 50.9 Å². The van der Waals surface area contributed by atoms with Crippen molar-refractivity contribution in [1.82, 2.24) is 15.0 Å². The van der Waals surface area contributed by atoms with Gasteiger partial charge in [0, 0.05) is 6.61 Å². The Bertz CT molecular complexity index is 661. The predicted octanol–water partition coefficient (Wildman–Crippen LogP) is 1.96. The lowest BCUT2D eigenvalue weighted by molar-refractivity contribution is 0.299. The highest BCUT2D eigenvalue weighted by Crippen LogP contribution is 2.14. The van der Waals surface area contributed by atoms with Gasteiger partial charge >= 0.3 is 0 Å². The summed E-state index contributed by atoms with van der Waals surface area (Å²) in [6.45, 7) is 0.151. The van der Waals surface area contributed by atoms with Crippen molar-refractivity contribution in [3.05, 3.63) is 54.1 Å². The van der Waals surface area contributed by atoms with E-state index in [4.69, 9.17) is 5.11 Å². The smallest absolute Gasteiger partial charge is 0.113 e. The van der Waals surface area contributed by atoms with Crippen molar-refractivity contribution in [2.75, 3.05) is 6.61 Å². The zero-order valence-corrected chi connectivity index (χ0v) is 9.82. The van der Waals surface area contributed by atoms with E-state index in [-0.39, 0.29) is 6.61 Å². The molecule has 1 N–H and O–H groups in total. The summed E-state index contributed by atoms with van der Waals surface area (Å²) in [5, 5.41) is 17.8. The van der Waals surface area contributed by atoms with Crippen LogP contribution in [0.2, 0.25) is 0 Å². The van der Waals surface area contributed by atoms with E-state index in [9.17, 15) is 0 Å². The van der Waals surface area contributed by atoms with Crippen LogP contribution in [-0.2, 0) is 6.42 Å². The lowest BCUT2D eigenvalue weighted by Gasteiger charge is -1.96. The van der Waals surface area contributed by atoms with Crippen LogP contribution in [0.15, 0.2) is 48.5 Å². The fourth-order valence-electron chi connectivity index (χ4n) is 1.92. The first-order valence-corrected chi connectivity index (χ1v) is 5.89. The number of rotatable bonds is 3. The molecule has 0 fully saturated rings. The SMILES string of the molecule is OCCc1ccc2nn(-c3ccccc3)nc2c1. The van der Waals surface area contributed by atoms with E-state index in [0.29, 0.717) is 6.42 Å². The van der Waals surface area contributed by atoms with Crippen LogP contribution >= 0.6 is 0 Å². The molecular formula is C14H13N3O. The van der Waals surface area contributed by atoms with Crippen molar-refractivity contribution < 1.29 is 5.11 Å². The van der Waals surface area contributed by atoms with Gasteiger partial charge in [-0.25, -0.2) is 0 Å². The van der Waals surface area contributed by atoms with Crippen LogP contribution in [0.4, 0.5) is 0 Å². The molecule has 0 spiro atoms. The first kappa shape index (κ1) is 10.9. The zero-order valence-electron chi connectivity index (χ0n) is 9.82. The fraction of sp³-hybridized carbons (Fsp3) is 0.143. The Hall–Kier alpha value is -2.20. The third kappa shape index (κ3) is 1.98. The van der Waals surface area contributed by atoms with Crippen molar-refractivity contribution in [2.24, 2.45) is 0 Å². The van der Waals surface area contributed by atoms with E-state index in [1.165, 1.54) is 0 Å². The van der Waals surface area contributed by atoms with Gasteiger partial charge in [0.2, 0.25) is 0 Å². The summed E-state index contributed by atoms with van der Waals surface area (Å²) in [4.78, 5) is 1.63. The molecule has 4 nitrogen and oxygen atoms in total. The van der Waals surface area contributed by atoms with Crippen molar-refractivity contribution in [3.8, 4) is 5.69 Å². The maximum Gasteiger partial charge on any atom is 0.113 e. The van der Waals surface area contributed by atoms with Gasteiger partial charge in [-0.3, -0.25) is 0 Å². The Morgan fingerprint density at radius 3 is 2.50 bits per heavy atom. The molecule has 2 aromatic carbocycles. The van der Waals surface area contributed by atoms with Gasteiger partial charge in [0.05, 0.1) is 5.69 Å². The number of aromatic nitrogens is 3. The van der Waals surface area contributed by atoms with Gasteiger partial charge in [0.15, 0.2) is 0 Å². The summed E-state index contributed by atoms with van der Waals surface area (Å²) < 4.78 is 0. The molecule has 0 saturated heterocycles. The van der Waals surface area contributed by atoms with E-state index in [1.807, 2.05) is 48.5 Å². The second-order valence-electron chi connectivity index (χ2n) is 4.12. The Labute approximate surface area is 104 Å². The highest BCUT2D eigenvalue weighted by molar-refractivity contribution is 5.74. The molecule has 0 atom stereocenters. The average Bonchev–Trinajstić information content (AvgIpc) is 2.83. The van der Waals surface area contributed by atoms with Crippen LogP contribution in [0.5, 0.6) is 0 Å². The van der Waals surface area contributed by atoms with Gasteiger partial charge in [-0.2, -0.15) is 4.80 Å². The van der Waals surface area contributed by atoms with Gasteiger partial charge in [0.1, 0.15) is 11.0 Å². The van der Waals surface area contributed by atoms with Crippen molar-refractivity contribution >= 4 is 11.0 Å². The van der Waals surface area contributed by atoms with Crippen molar-refractivity contribution in [3.63, 3.8) is 0 Å². The minimum absolute atomic E-state index is 0.151. The fourth-order valence-corrected chi connectivity index (χ4v) is 1.92. The van der Waals surface area contributed by atoms with E-state index < -0.39 is 0 Å². The van der Waals surface area contributed by atoms with Gasteiger partial charge in [0.25, 0.3) is 0 Å². The quantitative estimate of drug-likeness (QED) is 0.760. The number of hydrogen-bond acceptors (Lipinski definition) is 3. The van der Waals surface area contributed by atoms with Crippen LogP contribution in [0.25, 0.3) is 16.7 Å². The highest BCUT2D eigenvalue weighted by Gasteiger charge is 2.04. The van der Waals surface area contributed by atoms with Crippen molar-refractivity contribution in [2.45, 2.75) is 6.42 Å². The molecule has 0 aliphatic rings. The normalized spacial score (nSPS) is 10.9. The molecule has 0 aliphatic carbocycles. The highest BCUT2D eigenvalue weighted by atomic mass is 16.2. The second-order valence-corrected chi connectivity index (χ2v) is 4.12. The van der Waals surface area contributed by atoms with Crippen LogP contribution in [0.1, 0.15) is 5.56 Å². The summed E-state index contributed by atoms with van der Waals surface area (Å²) in [6, 6.07) is 15.7. The van der Waals surface area contributed by atoms with E-state index in [0.717, 1.165) is 22.3 Å². The molecule has 1 heterocycles. The van der Waals surface area contributed by atoms with E-state index >= 15 is 0 Å². The number of nitrogens with zero attached hydrogens (tertiary/aromatic N) is 3. The predicted molar refractivity (Wildman–Crippen MR) is 69.7 cm³/mol. The summed E-state index contributed by atoms with van der Waals surface area (Å²) in [6.07, 6.45) is 0.647. The lowest BCUT2D eigenvalue weighted by atomic mass is 10.1. The Morgan fingerprint density at radius 1 is 0.944 bits per heavy atom. The summed E-state index contributed by atoms with van der Waals surface area (Å²) in [5.74, 6) is 0. The Balaban J connectivity index is 2.06. The molecule has 0 radical (unpaired) electrons. The third-order valence-corrected chi connectivity index (χ3v) is 2.83. The number of aliphatic hydroxyl groups excluding tert-OH is 1. The number of hydrogen-bond donors (Lipinski definition) is 1. The first-order valence-electron chi connectivity index (χ1n) is 5.89. The summed E-state index contributed by atoms with van der Waals surface area (Å²) in [5.41, 5.74) is 3.73. The van der Waals surface area contributed by atoms with E-state index in [1.54, 1.807) is 4.80 Å². The largest absolute Gasteiger partial charge is 0.396 e. The maximum atomic E-state index is 8.93. The molecule has 0 unspecified atom stereocenters. The molecule has 1 aromatic heterocycles. The molecule has 4 heteroatoms. The van der Waals surface area contributed by atoms with Gasteiger partial charge < -0.3 is 5.11 Å². The van der Waals surface area contributed by atoms with E-state index in [2.05, 4.69) is 10.2 Å². The lowest BCUT2D eigenvalue weighted by Crippen LogP contribution is -1.97. The molecule has 0 aliphatic heterocycles. The maximum absolute atomic E-state index is 8.93. The van der Waals surface area contributed by atoms with Gasteiger partial charge in [-0.05, 0) is 36.2 Å². The Morgan fingerprint density at radius 2 is 1.72 bits per heavy atom. The number of para-hydroxylation sites is 1. The van der Waals surface area contributed by atoms with Crippen LogP contribution in [0, 0.1) is 0 Å². The molecule has 0 amide bonds.